The van der Waals surface area contributed by atoms with Crippen molar-refractivity contribution in [1.29, 1.82) is 0 Å². The van der Waals surface area contributed by atoms with Gasteiger partial charge in [0, 0.05) is 40.8 Å². The topological polar surface area (TPSA) is 74.6 Å². The number of carboxylic acid groups (broad SMARTS) is 2. The van der Waals surface area contributed by atoms with Crippen LogP contribution in [0.3, 0.4) is 0 Å². The Bertz CT molecular complexity index is 87.5. The first-order chi connectivity index (χ1) is 3.13. The van der Waals surface area contributed by atoms with Crippen LogP contribution in [-0.2, 0) is 9.59 Å². The maximum absolute atomic E-state index is 9.43. The third-order valence-corrected chi connectivity index (χ3v) is 0.302. The zero-order valence-electron chi connectivity index (χ0n) is 3.92. The smallest absolute Gasteiger partial charge is 0.314 e. The summed E-state index contributed by atoms with van der Waals surface area (Å²) in [6.45, 7) is 0. The van der Waals surface area contributed by atoms with Crippen LogP contribution in [-0.4, -0.2) is 22.2 Å². The van der Waals surface area contributed by atoms with Crippen LogP contribution < -0.4 is 0 Å². The summed E-state index contributed by atoms with van der Waals surface area (Å²) in [5.41, 5.74) is 0. The van der Waals surface area contributed by atoms with E-state index < -0.39 is 18.4 Å². The summed E-state index contributed by atoms with van der Waals surface area (Å²) in [4.78, 5) is 18.9. The van der Waals surface area contributed by atoms with Gasteiger partial charge in [0.25, 0.3) is 0 Å². The molecule has 4 nitrogen and oxygen atoms in total. The zero-order valence-corrected chi connectivity index (χ0v) is 7.13. The van der Waals surface area contributed by atoms with Gasteiger partial charge in [-0.1, -0.05) is 0 Å². The Labute approximate surface area is 78.4 Å². The fraction of sp³-hybridized carbons (Fsp3) is 0.333. The van der Waals surface area contributed by atoms with Gasteiger partial charge in [0.15, 0.2) is 0 Å². The van der Waals surface area contributed by atoms with Crippen molar-refractivity contribution in [2.24, 2.45) is 0 Å². The van der Waals surface area contributed by atoms with E-state index in [4.69, 9.17) is 10.2 Å². The van der Waals surface area contributed by atoms with E-state index in [9.17, 15) is 9.59 Å². The maximum Gasteiger partial charge on any atom is 0.314 e. The van der Waals surface area contributed by atoms with Crippen molar-refractivity contribution in [3.05, 3.63) is 0 Å². The largest absolute Gasteiger partial charge is 0.481 e. The van der Waals surface area contributed by atoms with Crippen molar-refractivity contribution in [2.75, 3.05) is 0 Å². The van der Waals surface area contributed by atoms with E-state index in [0.717, 1.165) is 0 Å². The number of hydrogen-bond acceptors (Lipinski definition) is 2. The zero-order chi connectivity index (χ0) is 5.86. The van der Waals surface area contributed by atoms with Crippen molar-refractivity contribution in [3.8, 4) is 0 Å². The van der Waals surface area contributed by atoms with Crippen molar-refractivity contribution in [1.82, 2.24) is 0 Å². The van der Waals surface area contributed by atoms with Crippen molar-refractivity contribution in [3.63, 3.8) is 0 Å². The third kappa shape index (κ3) is 9.56. The molecule has 8 heavy (non-hydrogen) atoms. The predicted molar refractivity (Wildman–Crippen MR) is 19.9 cm³/mol. The molecular formula is C3H4NdO4. The molecule has 2 N–H and O–H groups in total. The predicted octanol–water partition coefficient (Wildman–Crippen LogP) is -0.454. The summed E-state index contributed by atoms with van der Waals surface area (Å²) in [5.74, 6) is -2.62. The summed E-state index contributed by atoms with van der Waals surface area (Å²) >= 11 is 0. The summed E-state index contributed by atoms with van der Waals surface area (Å²) < 4.78 is 0. The molecule has 0 fully saturated rings. The van der Waals surface area contributed by atoms with E-state index in [-0.39, 0.29) is 40.8 Å². The van der Waals surface area contributed by atoms with Crippen LogP contribution in [0.1, 0.15) is 6.42 Å². The molecule has 0 aliphatic heterocycles. The minimum Gasteiger partial charge on any atom is -0.481 e. The monoisotopic (exact) mass is 246 g/mol. The van der Waals surface area contributed by atoms with Gasteiger partial charge in [-0.15, -0.1) is 0 Å². The maximum atomic E-state index is 9.43. The summed E-state index contributed by atoms with van der Waals surface area (Å²) in [5, 5.41) is 15.4. The molecule has 44 valence electrons. The molecule has 0 aliphatic rings. The van der Waals surface area contributed by atoms with E-state index in [0.29, 0.717) is 0 Å². The minimum absolute atomic E-state index is 0. The molecule has 0 aromatic carbocycles. The molecular weight excluding hydrogens is 244 g/mol. The number of carboxylic acids is 2. The van der Waals surface area contributed by atoms with E-state index in [1.165, 1.54) is 0 Å². The molecule has 0 bridgehead atoms. The molecule has 0 saturated carbocycles. The molecule has 0 spiro atoms. The number of rotatable bonds is 2. The Kier molecular flexibility index (Phi) is 7.56. The van der Waals surface area contributed by atoms with Gasteiger partial charge in [-0.2, -0.15) is 0 Å². The summed E-state index contributed by atoms with van der Waals surface area (Å²) in [7, 11) is 0. The van der Waals surface area contributed by atoms with Gasteiger partial charge < -0.3 is 10.2 Å². The Morgan fingerprint density at radius 1 is 1.12 bits per heavy atom. The van der Waals surface area contributed by atoms with Gasteiger partial charge in [0.2, 0.25) is 0 Å². The first-order valence-electron chi connectivity index (χ1n) is 1.56. The van der Waals surface area contributed by atoms with Crippen LogP contribution in [0.15, 0.2) is 0 Å². The fourth-order valence-electron chi connectivity index (χ4n) is 0.129. The van der Waals surface area contributed by atoms with Gasteiger partial charge in [-0.05, 0) is 0 Å². The number of carbonyl (C=O) groups is 2. The van der Waals surface area contributed by atoms with Gasteiger partial charge >= 0.3 is 11.9 Å². The van der Waals surface area contributed by atoms with Gasteiger partial charge in [0.1, 0.15) is 6.42 Å². The quantitative estimate of drug-likeness (QED) is 0.649. The van der Waals surface area contributed by atoms with E-state index >= 15 is 0 Å². The van der Waals surface area contributed by atoms with Crippen LogP contribution in [0, 0.1) is 40.8 Å². The first kappa shape index (κ1) is 11.1. The van der Waals surface area contributed by atoms with Crippen LogP contribution in [0.5, 0.6) is 0 Å². The second kappa shape index (κ2) is 5.43. The number of hydrogen-bond donors (Lipinski definition) is 2. The van der Waals surface area contributed by atoms with Crippen LogP contribution >= 0.6 is 0 Å². The molecule has 0 radical (unpaired) electrons. The molecule has 0 heterocycles. The molecule has 0 aromatic heterocycles. The SMILES string of the molecule is O=C(O)CC(=O)O.[Nd]. The molecule has 0 rings (SSSR count). The van der Waals surface area contributed by atoms with Gasteiger partial charge in [-0.3, -0.25) is 9.59 Å². The Hall–Kier alpha value is 0.291. The summed E-state index contributed by atoms with van der Waals surface area (Å²) in [6.07, 6.45) is -0.806. The standard InChI is InChI=1S/C3H4O4.Nd/c4-2(5)1-3(6)7;/h1H2,(H,4,5)(H,6,7);. The average Bonchev–Trinajstić information content (AvgIpc) is 1.27. The van der Waals surface area contributed by atoms with Crippen molar-refractivity contribution >= 4 is 11.9 Å². The van der Waals surface area contributed by atoms with Crippen molar-refractivity contribution < 1.29 is 60.6 Å². The molecule has 0 aromatic rings. The Morgan fingerprint density at radius 2 is 1.38 bits per heavy atom. The molecule has 0 aliphatic carbocycles. The van der Waals surface area contributed by atoms with Gasteiger partial charge in [0.05, 0.1) is 0 Å². The molecule has 0 amide bonds. The molecule has 0 unspecified atom stereocenters. The van der Waals surface area contributed by atoms with E-state index in [1.807, 2.05) is 0 Å². The first-order valence-corrected chi connectivity index (χ1v) is 1.56. The fourth-order valence-corrected chi connectivity index (χ4v) is 0.129. The van der Waals surface area contributed by atoms with Crippen LogP contribution in [0.4, 0.5) is 0 Å². The van der Waals surface area contributed by atoms with Crippen molar-refractivity contribution in [2.45, 2.75) is 6.42 Å². The van der Waals surface area contributed by atoms with Crippen LogP contribution in [0.25, 0.3) is 0 Å². The van der Waals surface area contributed by atoms with E-state index in [1.54, 1.807) is 0 Å². The average molecular weight is 248 g/mol. The third-order valence-electron chi connectivity index (χ3n) is 0.302. The molecule has 5 heteroatoms. The minimum atomic E-state index is -1.31. The molecule has 0 saturated heterocycles. The second-order valence-corrected chi connectivity index (χ2v) is 0.964. The summed E-state index contributed by atoms with van der Waals surface area (Å²) in [6, 6.07) is 0. The van der Waals surface area contributed by atoms with Crippen LogP contribution in [0.2, 0.25) is 0 Å². The van der Waals surface area contributed by atoms with E-state index in [2.05, 4.69) is 0 Å². The number of aliphatic carboxylic acids is 2. The molecule has 0 atom stereocenters. The normalized spacial score (nSPS) is 7.00. The van der Waals surface area contributed by atoms with Gasteiger partial charge in [-0.25, -0.2) is 0 Å². The Morgan fingerprint density at radius 3 is 1.38 bits per heavy atom. The second-order valence-electron chi connectivity index (χ2n) is 0.964. The Balaban J connectivity index is 0.